The lowest BCUT2D eigenvalue weighted by Crippen LogP contribution is -2.33. The van der Waals surface area contributed by atoms with Crippen molar-refractivity contribution in [3.63, 3.8) is 0 Å². The van der Waals surface area contributed by atoms with Gasteiger partial charge in [-0.1, -0.05) is 0 Å². The predicted octanol–water partition coefficient (Wildman–Crippen LogP) is 3.17. The number of anilines is 1. The monoisotopic (exact) mass is 313 g/mol. The molecule has 0 N–H and O–H groups in total. The summed E-state index contributed by atoms with van der Waals surface area (Å²) in [5.41, 5.74) is 1.28. The van der Waals surface area contributed by atoms with Crippen molar-refractivity contribution in [1.82, 2.24) is 19.5 Å². The van der Waals surface area contributed by atoms with Gasteiger partial charge in [-0.25, -0.2) is 15.0 Å². The molecule has 4 rings (SSSR count). The van der Waals surface area contributed by atoms with Gasteiger partial charge in [0.25, 0.3) is 0 Å². The summed E-state index contributed by atoms with van der Waals surface area (Å²) in [7, 11) is 0. The molecule has 0 aliphatic carbocycles. The number of aromatic nitrogens is 4. The Bertz CT molecular complexity index is 792. The fourth-order valence-corrected chi connectivity index (χ4v) is 4.28. The number of aryl methyl sites for hydroxylation is 2. The van der Waals surface area contributed by atoms with Crippen LogP contribution in [-0.4, -0.2) is 32.1 Å². The van der Waals surface area contributed by atoms with E-state index in [2.05, 4.69) is 31.7 Å². The lowest BCUT2D eigenvalue weighted by atomic mass is 10.2. The van der Waals surface area contributed by atoms with Crippen LogP contribution in [0.1, 0.15) is 24.2 Å². The topological polar surface area (TPSA) is 46.8 Å². The summed E-state index contributed by atoms with van der Waals surface area (Å²) in [4.78, 5) is 17.1. The van der Waals surface area contributed by atoms with Gasteiger partial charge in [-0.3, -0.25) is 0 Å². The van der Waals surface area contributed by atoms with E-state index in [1.807, 2.05) is 25.6 Å². The van der Waals surface area contributed by atoms with Crippen LogP contribution < -0.4 is 4.90 Å². The molecule has 114 valence electrons. The summed E-state index contributed by atoms with van der Waals surface area (Å²) in [6.45, 7) is 6.18. The number of hydrogen-bond donors (Lipinski definition) is 0. The number of rotatable bonds is 3. The van der Waals surface area contributed by atoms with Gasteiger partial charge < -0.3 is 9.47 Å². The van der Waals surface area contributed by atoms with Gasteiger partial charge in [0, 0.05) is 31.5 Å². The molecule has 0 saturated carbocycles. The Morgan fingerprint density at radius 3 is 3.05 bits per heavy atom. The Balaban J connectivity index is 1.75. The van der Waals surface area contributed by atoms with Gasteiger partial charge in [0.15, 0.2) is 0 Å². The number of nitrogens with zero attached hydrogens (tertiary/aromatic N) is 5. The van der Waals surface area contributed by atoms with Crippen LogP contribution in [0, 0.1) is 13.8 Å². The zero-order valence-corrected chi connectivity index (χ0v) is 13.7. The van der Waals surface area contributed by atoms with E-state index in [0.717, 1.165) is 29.6 Å². The maximum atomic E-state index is 4.79. The molecule has 1 saturated heterocycles. The van der Waals surface area contributed by atoms with Gasteiger partial charge in [0.05, 0.1) is 11.7 Å². The molecule has 6 heteroatoms. The fraction of sp³-hybridized carbons (Fsp3) is 0.438. The summed E-state index contributed by atoms with van der Waals surface area (Å²) >= 11 is 1.71. The molecule has 1 unspecified atom stereocenters. The fourth-order valence-electron chi connectivity index (χ4n) is 3.32. The van der Waals surface area contributed by atoms with E-state index < -0.39 is 0 Å². The number of imidazole rings is 1. The molecule has 5 nitrogen and oxygen atoms in total. The van der Waals surface area contributed by atoms with Crippen molar-refractivity contribution in [3.8, 4) is 0 Å². The Labute approximate surface area is 133 Å². The van der Waals surface area contributed by atoms with Crippen LogP contribution in [0.25, 0.3) is 10.2 Å². The molecule has 0 amide bonds. The summed E-state index contributed by atoms with van der Waals surface area (Å²) in [5, 5.41) is 3.41. The van der Waals surface area contributed by atoms with E-state index in [0.29, 0.717) is 6.04 Å². The molecule has 1 aliphatic heterocycles. The number of thiophene rings is 1. The van der Waals surface area contributed by atoms with Crippen LogP contribution in [-0.2, 0) is 6.54 Å². The lowest BCUT2D eigenvalue weighted by molar-refractivity contribution is 0.547. The van der Waals surface area contributed by atoms with E-state index in [-0.39, 0.29) is 0 Å². The second-order valence-electron chi connectivity index (χ2n) is 5.94. The Morgan fingerprint density at radius 2 is 2.23 bits per heavy atom. The zero-order valence-electron chi connectivity index (χ0n) is 12.9. The highest BCUT2D eigenvalue weighted by Crippen LogP contribution is 2.35. The minimum Gasteiger partial charge on any atom is -0.351 e. The Morgan fingerprint density at radius 1 is 1.32 bits per heavy atom. The second kappa shape index (κ2) is 5.35. The normalized spacial score (nSPS) is 18.5. The maximum Gasteiger partial charge on any atom is 0.141 e. The van der Waals surface area contributed by atoms with Crippen LogP contribution >= 0.6 is 11.3 Å². The standard InChI is InChI=1S/C16H19N5S/c1-11-9-22-16-14(11)15(18-12(2)19-16)21-6-3-4-13(21)8-20-7-5-17-10-20/h5,7,9-10,13H,3-4,6,8H2,1-2H3. The van der Waals surface area contributed by atoms with Crippen molar-refractivity contribution in [2.45, 2.75) is 39.3 Å². The van der Waals surface area contributed by atoms with Gasteiger partial charge in [0.1, 0.15) is 16.5 Å². The third kappa shape index (κ3) is 2.27. The third-order valence-corrected chi connectivity index (χ3v) is 5.33. The summed E-state index contributed by atoms with van der Waals surface area (Å²) in [6.07, 6.45) is 8.19. The molecule has 0 aromatic carbocycles. The van der Waals surface area contributed by atoms with Gasteiger partial charge in [-0.15, -0.1) is 11.3 Å². The van der Waals surface area contributed by atoms with E-state index in [1.54, 1.807) is 11.3 Å². The average Bonchev–Trinajstić information content (AvgIpc) is 3.21. The van der Waals surface area contributed by atoms with Crippen molar-refractivity contribution in [1.29, 1.82) is 0 Å². The lowest BCUT2D eigenvalue weighted by Gasteiger charge is -2.27. The minimum absolute atomic E-state index is 0.478. The molecule has 0 radical (unpaired) electrons. The summed E-state index contributed by atoms with van der Waals surface area (Å²) < 4.78 is 2.16. The van der Waals surface area contributed by atoms with Crippen LogP contribution in [0.15, 0.2) is 24.1 Å². The molecule has 1 aliphatic rings. The quantitative estimate of drug-likeness (QED) is 0.745. The first-order valence-corrected chi connectivity index (χ1v) is 8.55. The molecule has 3 aromatic heterocycles. The maximum absolute atomic E-state index is 4.79. The zero-order chi connectivity index (χ0) is 15.1. The highest BCUT2D eigenvalue weighted by molar-refractivity contribution is 7.17. The van der Waals surface area contributed by atoms with E-state index in [4.69, 9.17) is 4.98 Å². The SMILES string of the molecule is Cc1nc(N2CCCC2Cn2ccnc2)c2c(C)csc2n1. The largest absolute Gasteiger partial charge is 0.351 e. The van der Waals surface area contributed by atoms with Crippen molar-refractivity contribution >= 4 is 27.4 Å². The molecule has 0 spiro atoms. The van der Waals surface area contributed by atoms with E-state index in [1.165, 1.54) is 23.8 Å². The molecule has 1 atom stereocenters. The second-order valence-corrected chi connectivity index (χ2v) is 6.80. The average molecular weight is 313 g/mol. The van der Waals surface area contributed by atoms with E-state index in [9.17, 15) is 0 Å². The Hall–Kier alpha value is -1.95. The highest BCUT2D eigenvalue weighted by Gasteiger charge is 2.28. The summed E-state index contributed by atoms with van der Waals surface area (Å²) in [6, 6.07) is 0.478. The smallest absolute Gasteiger partial charge is 0.141 e. The number of fused-ring (bicyclic) bond motifs is 1. The van der Waals surface area contributed by atoms with Crippen molar-refractivity contribution in [3.05, 3.63) is 35.5 Å². The van der Waals surface area contributed by atoms with Gasteiger partial charge in [0.2, 0.25) is 0 Å². The van der Waals surface area contributed by atoms with E-state index >= 15 is 0 Å². The first-order valence-electron chi connectivity index (χ1n) is 7.67. The molecule has 0 bridgehead atoms. The Kier molecular flexibility index (Phi) is 3.33. The minimum atomic E-state index is 0.478. The van der Waals surface area contributed by atoms with Crippen molar-refractivity contribution in [2.24, 2.45) is 0 Å². The first kappa shape index (κ1) is 13.7. The molecule has 1 fully saturated rings. The first-order chi connectivity index (χ1) is 10.7. The van der Waals surface area contributed by atoms with Crippen molar-refractivity contribution in [2.75, 3.05) is 11.4 Å². The van der Waals surface area contributed by atoms with Gasteiger partial charge in [-0.05, 0) is 37.6 Å². The van der Waals surface area contributed by atoms with Crippen LogP contribution in [0.2, 0.25) is 0 Å². The molecule has 3 aromatic rings. The van der Waals surface area contributed by atoms with Crippen LogP contribution in [0.3, 0.4) is 0 Å². The van der Waals surface area contributed by atoms with Crippen LogP contribution in [0.5, 0.6) is 0 Å². The van der Waals surface area contributed by atoms with Crippen LogP contribution in [0.4, 0.5) is 5.82 Å². The highest BCUT2D eigenvalue weighted by atomic mass is 32.1. The predicted molar refractivity (Wildman–Crippen MR) is 89.5 cm³/mol. The molecular formula is C16H19N5S. The van der Waals surface area contributed by atoms with Crippen molar-refractivity contribution < 1.29 is 0 Å². The van der Waals surface area contributed by atoms with Gasteiger partial charge in [-0.2, -0.15) is 0 Å². The third-order valence-electron chi connectivity index (χ3n) is 4.34. The molecular weight excluding hydrogens is 294 g/mol. The molecule has 22 heavy (non-hydrogen) atoms. The summed E-state index contributed by atoms with van der Waals surface area (Å²) in [5.74, 6) is 1.97. The van der Waals surface area contributed by atoms with Gasteiger partial charge >= 0.3 is 0 Å². The molecule has 4 heterocycles. The number of hydrogen-bond acceptors (Lipinski definition) is 5.